The van der Waals surface area contributed by atoms with Crippen LogP contribution in [0.25, 0.3) is 0 Å². The summed E-state index contributed by atoms with van der Waals surface area (Å²) in [6.07, 6.45) is 9.95. The van der Waals surface area contributed by atoms with E-state index in [-0.39, 0.29) is 0 Å². The van der Waals surface area contributed by atoms with Gasteiger partial charge in [0.05, 0.1) is 5.56 Å². The predicted octanol–water partition coefficient (Wildman–Crippen LogP) is 4.44. The van der Waals surface area contributed by atoms with Crippen molar-refractivity contribution < 1.29 is 9.53 Å². The Morgan fingerprint density at radius 2 is 1.58 bits per heavy atom. The van der Waals surface area contributed by atoms with Crippen molar-refractivity contribution in [1.29, 1.82) is 0 Å². The molecule has 0 spiro atoms. The molecule has 2 N–H and O–H groups in total. The van der Waals surface area contributed by atoms with E-state index in [2.05, 4.69) is 29.2 Å². The highest BCUT2D eigenvalue weighted by molar-refractivity contribution is 5.92. The molecule has 134 valence electrons. The van der Waals surface area contributed by atoms with Gasteiger partial charge < -0.3 is 10.5 Å². The molecule has 4 fully saturated rings. The van der Waals surface area contributed by atoms with Crippen LogP contribution < -0.4 is 10.5 Å². The summed E-state index contributed by atoms with van der Waals surface area (Å²) in [6.45, 7) is 0. The Labute approximate surface area is 153 Å². The van der Waals surface area contributed by atoms with Crippen LogP contribution in [0.2, 0.25) is 0 Å². The van der Waals surface area contributed by atoms with Crippen LogP contribution in [0.4, 0.5) is 0 Å². The molecule has 26 heavy (non-hydrogen) atoms. The molecule has 0 unspecified atom stereocenters. The second kappa shape index (κ2) is 5.83. The van der Waals surface area contributed by atoms with Crippen molar-refractivity contribution in [2.45, 2.75) is 43.9 Å². The van der Waals surface area contributed by atoms with E-state index in [1.807, 2.05) is 0 Å². The fourth-order valence-corrected chi connectivity index (χ4v) is 6.05. The molecule has 1 heterocycles. The molecular weight excluding hydrogens is 324 g/mol. The second-order valence-corrected chi connectivity index (χ2v) is 8.57. The van der Waals surface area contributed by atoms with Crippen LogP contribution in [0.1, 0.15) is 54.4 Å². The van der Waals surface area contributed by atoms with Gasteiger partial charge in [-0.05, 0) is 85.5 Å². The summed E-state index contributed by atoms with van der Waals surface area (Å²) in [5.74, 6) is 3.61. The number of primary amides is 1. The van der Waals surface area contributed by atoms with Gasteiger partial charge in [0.1, 0.15) is 5.75 Å². The van der Waals surface area contributed by atoms with Gasteiger partial charge in [0.2, 0.25) is 11.8 Å². The molecule has 0 radical (unpaired) electrons. The zero-order valence-electron chi connectivity index (χ0n) is 14.9. The first-order valence-electron chi connectivity index (χ1n) is 9.64. The van der Waals surface area contributed by atoms with Crippen molar-refractivity contribution >= 4 is 5.91 Å². The maximum Gasteiger partial charge on any atom is 0.250 e. The van der Waals surface area contributed by atoms with Gasteiger partial charge in [0.15, 0.2) is 0 Å². The van der Waals surface area contributed by atoms with E-state index in [9.17, 15) is 4.79 Å². The summed E-state index contributed by atoms with van der Waals surface area (Å²) < 4.78 is 5.82. The third-order valence-electron chi connectivity index (χ3n) is 6.75. The summed E-state index contributed by atoms with van der Waals surface area (Å²) in [4.78, 5) is 15.3. The van der Waals surface area contributed by atoms with Gasteiger partial charge in [-0.25, -0.2) is 4.98 Å². The Hall–Kier alpha value is -2.36. The van der Waals surface area contributed by atoms with E-state index in [4.69, 9.17) is 10.5 Å². The quantitative estimate of drug-likeness (QED) is 0.888. The molecule has 0 aliphatic heterocycles. The maximum atomic E-state index is 11.1. The molecule has 4 saturated carbocycles. The van der Waals surface area contributed by atoms with Gasteiger partial charge in [0.25, 0.3) is 0 Å². The molecular formula is C22H24N2O2. The highest BCUT2D eigenvalue weighted by atomic mass is 16.5. The zero-order valence-corrected chi connectivity index (χ0v) is 14.9. The number of amides is 1. The monoisotopic (exact) mass is 348 g/mol. The molecule has 4 aliphatic carbocycles. The standard InChI is InChI=1S/C22H24N2O2/c23-21(25)17-1-6-20(24-13-17)26-19-4-2-18(3-5-19)22-10-14-7-15(11-22)9-16(8-14)12-22/h1-6,13-16H,7-12H2,(H2,23,25). The lowest BCUT2D eigenvalue weighted by atomic mass is 9.48. The highest BCUT2D eigenvalue weighted by Crippen LogP contribution is 2.60. The Kier molecular flexibility index (Phi) is 3.56. The van der Waals surface area contributed by atoms with Crippen LogP contribution in [-0.2, 0) is 5.41 Å². The molecule has 1 aromatic heterocycles. The summed E-state index contributed by atoms with van der Waals surface area (Å²) in [6, 6.07) is 11.9. The Bertz CT molecular complexity index is 791. The normalized spacial score (nSPS) is 31.8. The number of rotatable bonds is 4. The van der Waals surface area contributed by atoms with Crippen LogP contribution in [-0.4, -0.2) is 10.9 Å². The van der Waals surface area contributed by atoms with Crippen molar-refractivity contribution in [3.05, 3.63) is 53.7 Å². The second-order valence-electron chi connectivity index (χ2n) is 8.57. The molecule has 1 aromatic carbocycles. The number of nitrogens with two attached hydrogens (primary N) is 1. The minimum Gasteiger partial charge on any atom is -0.439 e. The lowest BCUT2D eigenvalue weighted by molar-refractivity contribution is -0.00520. The molecule has 2 aromatic rings. The Morgan fingerprint density at radius 1 is 0.962 bits per heavy atom. The first kappa shape index (κ1) is 15.9. The number of nitrogens with zero attached hydrogens (tertiary/aromatic N) is 1. The van der Waals surface area contributed by atoms with E-state index in [1.54, 1.807) is 12.1 Å². The fourth-order valence-electron chi connectivity index (χ4n) is 6.05. The summed E-state index contributed by atoms with van der Waals surface area (Å²) in [5, 5.41) is 0. The molecule has 4 bridgehead atoms. The number of hydrogen-bond donors (Lipinski definition) is 1. The number of carbonyl (C=O) groups is 1. The largest absolute Gasteiger partial charge is 0.439 e. The number of hydrogen-bond acceptors (Lipinski definition) is 3. The van der Waals surface area contributed by atoms with Crippen LogP contribution in [0.3, 0.4) is 0 Å². The van der Waals surface area contributed by atoms with Crippen molar-refractivity contribution in [2.75, 3.05) is 0 Å². The Balaban J connectivity index is 1.34. The van der Waals surface area contributed by atoms with Crippen LogP contribution in [0.15, 0.2) is 42.6 Å². The van der Waals surface area contributed by atoms with Crippen LogP contribution >= 0.6 is 0 Å². The molecule has 0 saturated heterocycles. The van der Waals surface area contributed by atoms with Crippen molar-refractivity contribution in [3.63, 3.8) is 0 Å². The first-order chi connectivity index (χ1) is 12.6. The third-order valence-corrected chi connectivity index (χ3v) is 6.75. The third kappa shape index (κ3) is 2.68. The number of aromatic nitrogens is 1. The number of pyridine rings is 1. The molecule has 4 heteroatoms. The van der Waals surface area contributed by atoms with Crippen molar-refractivity contribution in [2.24, 2.45) is 23.5 Å². The fraction of sp³-hybridized carbons (Fsp3) is 0.455. The molecule has 4 nitrogen and oxygen atoms in total. The van der Waals surface area contributed by atoms with Gasteiger partial charge in [-0.1, -0.05) is 12.1 Å². The highest BCUT2D eigenvalue weighted by Gasteiger charge is 2.51. The molecule has 4 aliphatic rings. The van der Waals surface area contributed by atoms with E-state index in [0.717, 1.165) is 23.5 Å². The number of ether oxygens (including phenoxy) is 1. The molecule has 6 rings (SSSR count). The minimum atomic E-state index is -0.482. The van der Waals surface area contributed by atoms with Crippen LogP contribution in [0, 0.1) is 17.8 Å². The average Bonchev–Trinajstić information content (AvgIpc) is 2.61. The smallest absolute Gasteiger partial charge is 0.250 e. The van der Waals surface area contributed by atoms with E-state index in [0.29, 0.717) is 16.9 Å². The summed E-state index contributed by atoms with van der Waals surface area (Å²) >= 11 is 0. The zero-order chi connectivity index (χ0) is 17.7. The van der Waals surface area contributed by atoms with E-state index in [1.165, 1.54) is 50.3 Å². The maximum absolute atomic E-state index is 11.1. The lowest BCUT2D eigenvalue weighted by Crippen LogP contribution is -2.48. The van der Waals surface area contributed by atoms with Gasteiger partial charge in [-0.15, -0.1) is 0 Å². The lowest BCUT2D eigenvalue weighted by Gasteiger charge is -2.57. The van der Waals surface area contributed by atoms with E-state index < -0.39 is 5.91 Å². The summed E-state index contributed by atoms with van der Waals surface area (Å²) in [7, 11) is 0. The number of carbonyl (C=O) groups excluding carboxylic acids is 1. The minimum absolute atomic E-state index is 0.384. The van der Waals surface area contributed by atoms with Gasteiger partial charge in [-0.2, -0.15) is 0 Å². The van der Waals surface area contributed by atoms with Gasteiger partial charge in [-0.3, -0.25) is 4.79 Å². The van der Waals surface area contributed by atoms with Crippen molar-refractivity contribution in [3.8, 4) is 11.6 Å². The van der Waals surface area contributed by atoms with Gasteiger partial charge in [0, 0.05) is 12.3 Å². The Morgan fingerprint density at radius 3 is 2.08 bits per heavy atom. The first-order valence-corrected chi connectivity index (χ1v) is 9.64. The van der Waals surface area contributed by atoms with Crippen molar-refractivity contribution in [1.82, 2.24) is 4.98 Å². The molecule has 0 atom stereocenters. The summed E-state index contributed by atoms with van der Waals surface area (Å²) in [5.41, 5.74) is 7.52. The SMILES string of the molecule is NC(=O)c1ccc(Oc2ccc(C34CC5CC(CC(C5)C3)C4)cc2)nc1. The number of benzene rings is 1. The van der Waals surface area contributed by atoms with E-state index >= 15 is 0 Å². The average molecular weight is 348 g/mol. The molecule has 1 amide bonds. The topological polar surface area (TPSA) is 65.2 Å². The van der Waals surface area contributed by atoms with Gasteiger partial charge >= 0.3 is 0 Å². The predicted molar refractivity (Wildman–Crippen MR) is 99.1 cm³/mol. The van der Waals surface area contributed by atoms with Crippen LogP contribution in [0.5, 0.6) is 11.6 Å².